The number of ether oxygens (including phenoxy) is 1. The number of hydrogen-bond acceptors (Lipinski definition) is 4. The van der Waals surface area contributed by atoms with Crippen LogP contribution in [-0.2, 0) is 17.5 Å². The first-order valence-electron chi connectivity index (χ1n) is 10.0. The maximum Gasteiger partial charge on any atom is 0.416 e. The van der Waals surface area contributed by atoms with Crippen molar-refractivity contribution in [2.75, 3.05) is 19.7 Å². The molecule has 1 aromatic carbocycles. The highest BCUT2D eigenvalue weighted by Crippen LogP contribution is 2.29. The van der Waals surface area contributed by atoms with Crippen molar-refractivity contribution >= 4 is 23.5 Å². The van der Waals surface area contributed by atoms with E-state index in [2.05, 4.69) is 20.7 Å². The monoisotopic (exact) mass is 428 g/mol. The van der Waals surface area contributed by atoms with Crippen LogP contribution in [0.2, 0.25) is 0 Å². The average molecular weight is 429 g/mol. The molecule has 2 atom stereocenters. The highest BCUT2D eigenvalue weighted by Gasteiger charge is 2.30. The molecule has 3 rings (SSSR count). The quantitative estimate of drug-likeness (QED) is 0.411. The number of nitrogens with zero attached hydrogens (tertiary/aromatic N) is 2. The van der Waals surface area contributed by atoms with Crippen LogP contribution in [0.1, 0.15) is 43.2 Å². The maximum absolute atomic E-state index is 12.7. The Labute approximate surface area is 174 Å². The first kappa shape index (κ1) is 22.0. The van der Waals surface area contributed by atoms with Gasteiger partial charge in [-0.25, -0.2) is 0 Å². The normalized spacial score (nSPS) is 23.4. The Bertz CT molecular complexity index is 690. The second-order valence-corrected chi connectivity index (χ2v) is 7.87. The number of benzene rings is 1. The van der Waals surface area contributed by atoms with Gasteiger partial charge in [-0.15, -0.1) is 0 Å². The molecule has 5 nitrogen and oxygen atoms in total. The molecule has 9 heteroatoms. The Morgan fingerprint density at radius 2 is 2.00 bits per heavy atom. The Morgan fingerprint density at radius 3 is 2.69 bits per heavy atom. The lowest BCUT2D eigenvalue weighted by Gasteiger charge is -2.33. The third-order valence-electron chi connectivity index (χ3n) is 5.26. The SMILES string of the molecule is FC(F)(F)c1ccc(CN2CCCCC2C=NNC(=S)NCC2CCCO2)cc1. The second-order valence-electron chi connectivity index (χ2n) is 7.46. The predicted molar refractivity (Wildman–Crippen MR) is 111 cm³/mol. The molecular weight excluding hydrogens is 401 g/mol. The zero-order chi connectivity index (χ0) is 20.7. The molecule has 160 valence electrons. The lowest BCUT2D eigenvalue weighted by molar-refractivity contribution is -0.137. The van der Waals surface area contributed by atoms with E-state index in [9.17, 15) is 13.2 Å². The molecule has 2 aliphatic heterocycles. The maximum atomic E-state index is 12.7. The summed E-state index contributed by atoms with van der Waals surface area (Å²) in [6, 6.07) is 5.51. The number of rotatable bonds is 6. The number of piperidine rings is 1. The minimum Gasteiger partial charge on any atom is -0.376 e. The summed E-state index contributed by atoms with van der Waals surface area (Å²) in [4.78, 5) is 2.24. The van der Waals surface area contributed by atoms with E-state index in [0.717, 1.165) is 63.0 Å². The summed E-state index contributed by atoms with van der Waals surface area (Å²) in [6.07, 6.45) is 2.99. The van der Waals surface area contributed by atoms with E-state index in [0.29, 0.717) is 18.2 Å². The van der Waals surface area contributed by atoms with Crippen molar-refractivity contribution in [3.05, 3.63) is 35.4 Å². The molecule has 2 N–H and O–H groups in total. The number of likely N-dealkylation sites (tertiary alicyclic amines) is 1. The fourth-order valence-electron chi connectivity index (χ4n) is 3.65. The number of nitrogens with one attached hydrogen (secondary N) is 2. The molecule has 2 saturated heterocycles. The van der Waals surface area contributed by atoms with Crippen molar-refractivity contribution in [1.82, 2.24) is 15.6 Å². The Balaban J connectivity index is 1.48. The van der Waals surface area contributed by atoms with Crippen molar-refractivity contribution < 1.29 is 17.9 Å². The van der Waals surface area contributed by atoms with Gasteiger partial charge in [0.05, 0.1) is 11.7 Å². The van der Waals surface area contributed by atoms with Gasteiger partial charge in [-0.1, -0.05) is 18.6 Å². The predicted octanol–water partition coefficient (Wildman–Crippen LogP) is 3.69. The molecule has 2 aliphatic rings. The Morgan fingerprint density at radius 1 is 1.21 bits per heavy atom. The standard InChI is InChI=1S/C20H27F3N4OS/c21-20(22,23)16-8-6-15(7-9-16)14-27-10-2-1-4-17(27)12-25-26-19(29)24-13-18-5-3-11-28-18/h6-9,12,17-18H,1-5,10-11,13-14H2,(H2,24,26,29). The summed E-state index contributed by atoms with van der Waals surface area (Å²) in [5.74, 6) is 0. The molecular formula is C20H27F3N4OS. The first-order valence-corrected chi connectivity index (χ1v) is 10.4. The first-order chi connectivity index (χ1) is 13.9. The number of halogens is 3. The van der Waals surface area contributed by atoms with Crippen LogP contribution in [-0.4, -0.2) is 48.1 Å². The van der Waals surface area contributed by atoms with Gasteiger partial charge in [-0.3, -0.25) is 10.3 Å². The fraction of sp³-hybridized carbons (Fsp3) is 0.600. The van der Waals surface area contributed by atoms with Gasteiger partial charge in [0.2, 0.25) is 0 Å². The van der Waals surface area contributed by atoms with Gasteiger partial charge in [-0.2, -0.15) is 18.3 Å². The van der Waals surface area contributed by atoms with E-state index < -0.39 is 11.7 Å². The topological polar surface area (TPSA) is 48.9 Å². The van der Waals surface area contributed by atoms with Crippen LogP contribution < -0.4 is 10.7 Å². The zero-order valence-corrected chi connectivity index (χ0v) is 17.1. The number of hydrazone groups is 1. The number of thiocarbonyl (C=S) groups is 1. The van der Waals surface area contributed by atoms with Gasteiger partial charge in [0.25, 0.3) is 0 Å². The summed E-state index contributed by atoms with van der Waals surface area (Å²) in [7, 11) is 0. The molecule has 2 fully saturated rings. The lowest BCUT2D eigenvalue weighted by atomic mass is 10.0. The highest BCUT2D eigenvalue weighted by atomic mass is 32.1. The number of alkyl halides is 3. The molecule has 2 heterocycles. The molecule has 2 unspecified atom stereocenters. The van der Waals surface area contributed by atoms with Crippen molar-refractivity contribution in [1.29, 1.82) is 0 Å². The van der Waals surface area contributed by atoms with E-state index >= 15 is 0 Å². The van der Waals surface area contributed by atoms with Crippen molar-refractivity contribution in [2.45, 2.75) is 57.0 Å². The largest absolute Gasteiger partial charge is 0.416 e. The molecule has 0 spiro atoms. The third kappa shape index (κ3) is 6.94. The smallest absolute Gasteiger partial charge is 0.376 e. The summed E-state index contributed by atoms with van der Waals surface area (Å²) in [6.45, 7) is 2.96. The van der Waals surface area contributed by atoms with Gasteiger partial charge in [0, 0.05) is 32.0 Å². The molecule has 0 bridgehead atoms. The van der Waals surface area contributed by atoms with Crippen LogP contribution >= 0.6 is 12.2 Å². The molecule has 0 amide bonds. The van der Waals surface area contributed by atoms with Crippen molar-refractivity contribution in [3.8, 4) is 0 Å². The van der Waals surface area contributed by atoms with Crippen LogP contribution in [0.15, 0.2) is 29.4 Å². The highest BCUT2D eigenvalue weighted by molar-refractivity contribution is 7.80. The second kappa shape index (κ2) is 10.4. The molecule has 29 heavy (non-hydrogen) atoms. The Hall–Kier alpha value is -1.71. The molecule has 0 radical (unpaired) electrons. The van der Waals surface area contributed by atoms with E-state index in [-0.39, 0.29) is 12.1 Å². The average Bonchev–Trinajstić information content (AvgIpc) is 3.21. The minimum atomic E-state index is -4.30. The van der Waals surface area contributed by atoms with Crippen LogP contribution in [0, 0.1) is 0 Å². The molecule has 0 aliphatic carbocycles. The van der Waals surface area contributed by atoms with Gasteiger partial charge < -0.3 is 10.1 Å². The van der Waals surface area contributed by atoms with Crippen LogP contribution in [0.25, 0.3) is 0 Å². The van der Waals surface area contributed by atoms with Gasteiger partial charge >= 0.3 is 6.18 Å². The van der Waals surface area contributed by atoms with Gasteiger partial charge in [0.1, 0.15) is 0 Å². The van der Waals surface area contributed by atoms with E-state index in [4.69, 9.17) is 17.0 Å². The van der Waals surface area contributed by atoms with Gasteiger partial charge in [0.15, 0.2) is 5.11 Å². The summed E-state index contributed by atoms with van der Waals surface area (Å²) < 4.78 is 43.7. The molecule has 1 aromatic rings. The summed E-state index contributed by atoms with van der Waals surface area (Å²) in [5.41, 5.74) is 3.09. The summed E-state index contributed by atoms with van der Waals surface area (Å²) >= 11 is 5.24. The van der Waals surface area contributed by atoms with Crippen LogP contribution in [0.5, 0.6) is 0 Å². The zero-order valence-electron chi connectivity index (χ0n) is 16.3. The summed E-state index contributed by atoms with van der Waals surface area (Å²) in [5, 5.41) is 7.84. The van der Waals surface area contributed by atoms with Crippen LogP contribution in [0.4, 0.5) is 13.2 Å². The van der Waals surface area contributed by atoms with E-state index in [1.54, 1.807) is 12.1 Å². The minimum absolute atomic E-state index is 0.125. The van der Waals surface area contributed by atoms with Gasteiger partial charge in [-0.05, 0) is 62.1 Å². The third-order valence-corrected chi connectivity index (χ3v) is 5.49. The van der Waals surface area contributed by atoms with Crippen LogP contribution in [0.3, 0.4) is 0 Å². The lowest BCUT2D eigenvalue weighted by Crippen LogP contribution is -2.41. The van der Waals surface area contributed by atoms with E-state index in [1.165, 1.54) is 0 Å². The molecule has 0 aromatic heterocycles. The Kier molecular flexibility index (Phi) is 7.85. The van der Waals surface area contributed by atoms with E-state index in [1.807, 2.05) is 6.21 Å². The van der Waals surface area contributed by atoms with Crippen molar-refractivity contribution in [2.24, 2.45) is 5.10 Å². The fourth-order valence-corrected chi connectivity index (χ4v) is 3.78. The van der Waals surface area contributed by atoms with Crippen molar-refractivity contribution in [3.63, 3.8) is 0 Å². The number of hydrogen-bond donors (Lipinski definition) is 2. The molecule has 0 saturated carbocycles.